The van der Waals surface area contributed by atoms with Crippen molar-refractivity contribution in [2.45, 2.75) is 63.3 Å². The molecule has 20 heavy (non-hydrogen) atoms. The number of carbonyl (C=O) groups is 1. The summed E-state index contributed by atoms with van der Waals surface area (Å²) in [5.74, 6) is 1.26. The van der Waals surface area contributed by atoms with E-state index in [0.29, 0.717) is 16.9 Å². The Kier molecular flexibility index (Phi) is 3.60. The molecule has 1 aliphatic heterocycles. The quantitative estimate of drug-likeness (QED) is 0.775. The molecule has 3 nitrogen and oxygen atoms in total. The molecule has 1 saturated heterocycles. The van der Waals surface area contributed by atoms with E-state index >= 15 is 0 Å². The molecule has 3 aliphatic rings. The zero-order valence-electron chi connectivity index (χ0n) is 13.5. The van der Waals surface area contributed by atoms with Crippen LogP contribution in [0.5, 0.6) is 0 Å². The van der Waals surface area contributed by atoms with Crippen LogP contribution in [0.15, 0.2) is 0 Å². The van der Waals surface area contributed by atoms with E-state index < -0.39 is 0 Å². The molecule has 2 saturated carbocycles. The third-order valence-corrected chi connectivity index (χ3v) is 6.71. The van der Waals surface area contributed by atoms with Crippen LogP contribution < -0.4 is 0 Å². The molecule has 0 aromatic rings. The summed E-state index contributed by atoms with van der Waals surface area (Å²) in [5, 5.41) is 0. The van der Waals surface area contributed by atoms with Crippen molar-refractivity contribution in [3.05, 3.63) is 0 Å². The van der Waals surface area contributed by atoms with Gasteiger partial charge in [0.15, 0.2) is 0 Å². The van der Waals surface area contributed by atoms with Crippen molar-refractivity contribution in [1.29, 1.82) is 0 Å². The maximum absolute atomic E-state index is 11.9. The van der Waals surface area contributed by atoms with Crippen molar-refractivity contribution in [2.24, 2.45) is 11.3 Å². The van der Waals surface area contributed by atoms with E-state index in [9.17, 15) is 4.79 Å². The minimum absolute atomic E-state index is 0.309. The lowest BCUT2D eigenvalue weighted by Gasteiger charge is -2.52. The lowest BCUT2D eigenvalue weighted by molar-refractivity contribution is -0.126. The van der Waals surface area contributed by atoms with E-state index in [1.807, 2.05) is 11.9 Å². The van der Waals surface area contributed by atoms with Crippen LogP contribution in [-0.2, 0) is 4.79 Å². The molecule has 2 aliphatic carbocycles. The predicted octanol–water partition coefficient (Wildman–Crippen LogP) is 2.90. The van der Waals surface area contributed by atoms with Gasteiger partial charge in [0, 0.05) is 25.6 Å². The normalized spacial score (nSPS) is 39.4. The van der Waals surface area contributed by atoms with Crippen LogP contribution in [0, 0.1) is 11.3 Å². The number of hydrogen-bond donors (Lipinski definition) is 0. The van der Waals surface area contributed by atoms with Gasteiger partial charge in [-0.15, -0.1) is 0 Å². The van der Waals surface area contributed by atoms with Crippen molar-refractivity contribution in [3.8, 4) is 0 Å². The molecule has 3 fully saturated rings. The lowest BCUT2D eigenvalue weighted by atomic mass is 9.62. The summed E-state index contributed by atoms with van der Waals surface area (Å²) in [4.78, 5) is 16.4. The van der Waals surface area contributed by atoms with Gasteiger partial charge in [0.2, 0.25) is 5.91 Å². The van der Waals surface area contributed by atoms with Crippen LogP contribution in [0.1, 0.15) is 57.8 Å². The fourth-order valence-electron chi connectivity index (χ4n) is 5.33. The van der Waals surface area contributed by atoms with E-state index in [-0.39, 0.29) is 0 Å². The van der Waals surface area contributed by atoms with Gasteiger partial charge in [0.25, 0.3) is 0 Å². The molecule has 1 amide bonds. The monoisotopic (exact) mass is 278 g/mol. The topological polar surface area (TPSA) is 23.6 Å². The molecule has 1 heterocycles. The van der Waals surface area contributed by atoms with Gasteiger partial charge in [-0.1, -0.05) is 12.8 Å². The zero-order valence-corrected chi connectivity index (χ0v) is 13.5. The highest BCUT2D eigenvalue weighted by Gasteiger charge is 2.51. The fraction of sp³-hybridized carbons (Fsp3) is 0.941. The molecule has 114 valence electrons. The van der Waals surface area contributed by atoms with Gasteiger partial charge >= 0.3 is 0 Å². The molecule has 3 heteroatoms. The van der Waals surface area contributed by atoms with Crippen LogP contribution in [0.4, 0.5) is 0 Å². The SMILES string of the molecule is CN1CC2(CCC(C3CCCC3)(N(C)C)CC2)CC1=O. The Morgan fingerprint density at radius 1 is 1.10 bits per heavy atom. The first-order valence-electron chi connectivity index (χ1n) is 8.39. The molecule has 0 unspecified atom stereocenters. The molecule has 1 spiro atoms. The maximum Gasteiger partial charge on any atom is 0.222 e. The second kappa shape index (κ2) is 5.01. The van der Waals surface area contributed by atoms with Crippen LogP contribution in [0.25, 0.3) is 0 Å². The highest BCUT2D eigenvalue weighted by molar-refractivity contribution is 5.79. The van der Waals surface area contributed by atoms with Crippen molar-refractivity contribution in [2.75, 3.05) is 27.7 Å². The predicted molar refractivity (Wildman–Crippen MR) is 81.5 cm³/mol. The largest absolute Gasteiger partial charge is 0.345 e. The summed E-state index contributed by atoms with van der Waals surface area (Å²) < 4.78 is 0. The Morgan fingerprint density at radius 2 is 1.70 bits per heavy atom. The van der Waals surface area contributed by atoms with E-state index in [4.69, 9.17) is 0 Å². The Hall–Kier alpha value is -0.570. The third-order valence-electron chi connectivity index (χ3n) is 6.71. The molecular formula is C17H30N2O. The zero-order chi connectivity index (χ0) is 14.4. The highest BCUT2D eigenvalue weighted by atomic mass is 16.2. The number of likely N-dealkylation sites (tertiary alicyclic amines) is 1. The van der Waals surface area contributed by atoms with Gasteiger partial charge in [-0.05, 0) is 64.0 Å². The molecule has 0 N–H and O–H groups in total. The maximum atomic E-state index is 11.9. The fourth-order valence-corrected chi connectivity index (χ4v) is 5.33. The van der Waals surface area contributed by atoms with E-state index in [1.165, 1.54) is 51.4 Å². The number of carbonyl (C=O) groups excluding carboxylic acids is 1. The van der Waals surface area contributed by atoms with Crippen molar-refractivity contribution in [3.63, 3.8) is 0 Å². The smallest absolute Gasteiger partial charge is 0.222 e. The van der Waals surface area contributed by atoms with Crippen LogP contribution in [0.2, 0.25) is 0 Å². The van der Waals surface area contributed by atoms with Gasteiger partial charge < -0.3 is 9.80 Å². The van der Waals surface area contributed by atoms with Gasteiger partial charge in [-0.2, -0.15) is 0 Å². The van der Waals surface area contributed by atoms with Gasteiger partial charge in [-0.3, -0.25) is 4.79 Å². The summed E-state index contributed by atoms with van der Waals surface area (Å²) in [6, 6.07) is 0. The van der Waals surface area contributed by atoms with E-state index in [0.717, 1.165) is 18.9 Å². The van der Waals surface area contributed by atoms with Crippen molar-refractivity contribution < 1.29 is 4.79 Å². The number of rotatable bonds is 2. The average molecular weight is 278 g/mol. The molecular weight excluding hydrogens is 248 g/mol. The van der Waals surface area contributed by atoms with Gasteiger partial charge in [0.1, 0.15) is 0 Å². The minimum atomic E-state index is 0.309. The first-order chi connectivity index (χ1) is 9.47. The summed E-state index contributed by atoms with van der Waals surface area (Å²) >= 11 is 0. The standard InChI is InChI=1S/C17H30N2O/c1-18(2)17(14-6-4-5-7-14)10-8-16(9-11-17)12-15(20)19(3)13-16/h14H,4-13H2,1-3H3. The Labute approximate surface area is 123 Å². The summed E-state index contributed by atoms with van der Waals surface area (Å²) in [6.45, 7) is 1.00. The third kappa shape index (κ3) is 2.18. The Bertz CT molecular complexity index is 376. The van der Waals surface area contributed by atoms with Gasteiger partial charge in [-0.25, -0.2) is 0 Å². The second-order valence-electron chi connectivity index (χ2n) is 7.91. The van der Waals surface area contributed by atoms with Crippen LogP contribution in [-0.4, -0.2) is 48.9 Å². The number of nitrogens with zero attached hydrogens (tertiary/aromatic N) is 2. The van der Waals surface area contributed by atoms with E-state index in [1.54, 1.807) is 0 Å². The number of hydrogen-bond acceptors (Lipinski definition) is 2. The Morgan fingerprint density at radius 3 is 2.15 bits per heavy atom. The van der Waals surface area contributed by atoms with Crippen molar-refractivity contribution in [1.82, 2.24) is 9.80 Å². The highest BCUT2D eigenvalue weighted by Crippen LogP contribution is 2.53. The lowest BCUT2D eigenvalue weighted by Crippen LogP contribution is -2.53. The van der Waals surface area contributed by atoms with Gasteiger partial charge in [0.05, 0.1) is 0 Å². The summed E-state index contributed by atoms with van der Waals surface area (Å²) in [6.07, 6.45) is 11.6. The molecule has 0 aromatic heterocycles. The van der Waals surface area contributed by atoms with Crippen LogP contribution in [0.3, 0.4) is 0 Å². The molecule has 0 radical (unpaired) electrons. The summed E-state index contributed by atoms with van der Waals surface area (Å²) in [5.41, 5.74) is 0.732. The molecule has 0 atom stereocenters. The molecule has 0 bridgehead atoms. The molecule has 0 aromatic carbocycles. The summed E-state index contributed by atoms with van der Waals surface area (Å²) in [7, 11) is 6.53. The van der Waals surface area contributed by atoms with E-state index in [2.05, 4.69) is 19.0 Å². The number of amides is 1. The van der Waals surface area contributed by atoms with Crippen molar-refractivity contribution >= 4 is 5.91 Å². The Balaban J connectivity index is 1.73. The minimum Gasteiger partial charge on any atom is -0.345 e. The first kappa shape index (κ1) is 14.4. The molecule has 3 rings (SSSR count). The van der Waals surface area contributed by atoms with Crippen LogP contribution >= 0.6 is 0 Å². The average Bonchev–Trinajstić information content (AvgIpc) is 3.01. The second-order valence-corrected chi connectivity index (χ2v) is 7.91. The first-order valence-corrected chi connectivity index (χ1v) is 8.39.